The molecule has 0 saturated carbocycles. The summed E-state index contributed by atoms with van der Waals surface area (Å²) in [6, 6.07) is 7.71. The topological polar surface area (TPSA) is 102 Å². The summed E-state index contributed by atoms with van der Waals surface area (Å²) in [5.74, 6) is -0.434. The third-order valence-electron chi connectivity index (χ3n) is 3.33. The van der Waals surface area contributed by atoms with Crippen molar-refractivity contribution < 1.29 is 9.18 Å². The number of aromatic nitrogens is 4. The van der Waals surface area contributed by atoms with E-state index in [2.05, 4.69) is 20.6 Å². The molecule has 0 aliphatic carbocycles. The van der Waals surface area contributed by atoms with Crippen molar-refractivity contribution in [1.29, 1.82) is 0 Å². The summed E-state index contributed by atoms with van der Waals surface area (Å²) >= 11 is 0. The van der Waals surface area contributed by atoms with E-state index in [0.717, 1.165) is 5.56 Å². The van der Waals surface area contributed by atoms with Crippen LogP contribution in [0.2, 0.25) is 0 Å². The first-order chi connectivity index (χ1) is 11.1. The Morgan fingerprint density at radius 1 is 1.43 bits per heavy atom. The van der Waals surface area contributed by atoms with Crippen molar-refractivity contribution in [3.63, 3.8) is 0 Å². The highest BCUT2D eigenvalue weighted by Crippen LogP contribution is 2.21. The Kier molecular flexibility index (Phi) is 3.90. The number of hydrogen-bond acceptors (Lipinski definition) is 4. The minimum absolute atomic E-state index is 0.205. The Morgan fingerprint density at radius 2 is 2.22 bits per heavy atom. The van der Waals surface area contributed by atoms with Crippen LogP contribution in [0.1, 0.15) is 16.1 Å². The van der Waals surface area contributed by atoms with Gasteiger partial charge in [-0.15, -0.1) is 0 Å². The summed E-state index contributed by atoms with van der Waals surface area (Å²) in [5.41, 5.74) is 7.21. The van der Waals surface area contributed by atoms with E-state index >= 15 is 0 Å². The van der Waals surface area contributed by atoms with E-state index in [0.29, 0.717) is 17.1 Å². The molecule has 1 aromatic carbocycles. The highest BCUT2D eigenvalue weighted by Gasteiger charge is 2.16. The van der Waals surface area contributed by atoms with Crippen LogP contribution < -0.4 is 11.1 Å². The first-order valence-electron chi connectivity index (χ1n) is 6.92. The molecule has 0 spiro atoms. The van der Waals surface area contributed by atoms with Crippen molar-refractivity contribution in [1.82, 2.24) is 20.0 Å². The van der Waals surface area contributed by atoms with E-state index in [1.165, 1.54) is 12.1 Å². The summed E-state index contributed by atoms with van der Waals surface area (Å²) in [7, 11) is 1.74. The summed E-state index contributed by atoms with van der Waals surface area (Å²) in [6.45, 7) is 0.257. The van der Waals surface area contributed by atoms with Crippen LogP contribution in [0.15, 0.2) is 36.5 Å². The van der Waals surface area contributed by atoms with Gasteiger partial charge >= 0.3 is 0 Å². The number of halogens is 1. The van der Waals surface area contributed by atoms with Gasteiger partial charge in [-0.1, -0.05) is 12.1 Å². The molecule has 0 unspecified atom stereocenters. The van der Waals surface area contributed by atoms with Gasteiger partial charge in [0.15, 0.2) is 5.82 Å². The number of rotatable bonds is 4. The molecule has 0 bridgehead atoms. The van der Waals surface area contributed by atoms with Crippen LogP contribution in [0, 0.1) is 5.82 Å². The molecular formula is C15H15FN6O. The lowest BCUT2D eigenvalue weighted by molar-refractivity contribution is 0.102. The maximum absolute atomic E-state index is 13.8. The second-order valence-electron chi connectivity index (χ2n) is 4.98. The van der Waals surface area contributed by atoms with E-state index in [1.54, 1.807) is 36.1 Å². The standard InChI is InChI=1S/C15H15FN6O/c1-22-8-9(7-17)14(21-22)18-15(23)13-6-12(19-20-13)10-4-2-3-5-11(10)16/h2-6,8H,7,17H2,1H3,(H,19,20)(H,18,21,23). The van der Waals surface area contributed by atoms with Gasteiger partial charge in [0.1, 0.15) is 11.5 Å². The van der Waals surface area contributed by atoms with Gasteiger partial charge in [-0.05, 0) is 18.2 Å². The molecule has 0 aliphatic heterocycles. The lowest BCUT2D eigenvalue weighted by Crippen LogP contribution is -2.14. The zero-order valence-corrected chi connectivity index (χ0v) is 12.4. The number of nitrogens with one attached hydrogen (secondary N) is 2. The normalized spacial score (nSPS) is 10.7. The summed E-state index contributed by atoms with van der Waals surface area (Å²) in [6.07, 6.45) is 1.73. The molecule has 8 heteroatoms. The van der Waals surface area contributed by atoms with Crippen molar-refractivity contribution in [3.05, 3.63) is 53.6 Å². The fraction of sp³-hybridized carbons (Fsp3) is 0.133. The monoisotopic (exact) mass is 314 g/mol. The molecule has 3 rings (SSSR count). The zero-order chi connectivity index (χ0) is 16.4. The molecule has 0 fully saturated rings. The first kappa shape index (κ1) is 14.9. The predicted octanol–water partition coefficient (Wildman–Crippen LogP) is 1.66. The van der Waals surface area contributed by atoms with Gasteiger partial charge in [0.05, 0.1) is 5.69 Å². The Balaban J connectivity index is 1.83. The van der Waals surface area contributed by atoms with Crippen molar-refractivity contribution >= 4 is 11.7 Å². The third kappa shape index (κ3) is 2.97. The number of aromatic amines is 1. The quantitative estimate of drug-likeness (QED) is 0.681. The maximum Gasteiger partial charge on any atom is 0.274 e. The second kappa shape index (κ2) is 6.01. The molecule has 7 nitrogen and oxygen atoms in total. The van der Waals surface area contributed by atoms with Crippen LogP contribution in [0.4, 0.5) is 10.2 Å². The number of benzene rings is 1. The molecule has 4 N–H and O–H groups in total. The number of aryl methyl sites for hydroxylation is 1. The summed E-state index contributed by atoms with van der Waals surface area (Å²) in [4.78, 5) is 12.3. The molecule has 0 saturated heterocycles. The SMILES string of the molecule is Cn1cc(CN)c(NC(=O)c2cc(-c3ccccc3F)n[nH]2)n1. The molecule has 3 aromatic rings. The van der Waals surface area contributed by atoms with Crippen LogP contribution in [-0.2, 0) is 13.6 Å². The van der Waals surface area contributed by atoms with Gasteiger partial charge in [-0.2, -0.15) is 10.2 Å². The number of carbonyl (C=O) groups is 1. The van der Waals surface area contributed by atoms with Gasteiger partial charge in [-0.3, -0.25) is 14.6 Å². The molecule has 118 valence electrons. The highest BCUT2D eigenvalue weighted by molar-refractivity contribution is 6.03. The first-order valence-corrected chi connectivity index (χ1v) is 6.92. The van der Waals surface area contributed by atoms with Crippen molar-refractivity contribution in [2.45, 2.75) is 6.54 Å². The Bertz CT molecular complexity index is 853. The van der Waals surface area contributed by atoms with E-state index in [9.17, 15) is 9.18 Å². The van der Waals surface area contributed by atoms with Crippen LogP contribution in [-0.4, -0.2) is 25.9 Å². The zero-order valence-electron chi connectivity index (χ0n) is 12.4. The van der Waals surface area contributed by atoms with Crippen LogP contribution in [0.5, 0.6) is 0 Å². The number of amides is 1. The van der Waals surface area contributed by atoms with Crippen LogP contribution >= 0.6 is 0 Å². The largest absolute Gasteiger partial charge is 0.326 e. The number of nitrogens with two attached hydrogens (primary N) is 1. The number of nitrogens with zero attached hydrogens (tertiary/aromatic N) is 3. The Morgan fingerprint density at radius 3 is 2.96 bits per heavy atom. The minimum atomic E-state index is -0.423. The van der Waals surface area contributed by atoms with Gasteiger partial charge in [0.2, 0.25) is 0 Å². The van der Waals surface area contributed by atoms with Crippen LogP contribution in [0.3, 0.4) is 0 Å². The molecule has 2 aromatic heterocycles. The molecular weight excluding hydrogens is 299 g/mol. The van der Waals surface area contributed by atoms with E-state index in [1.807, 2.05) is 0 Å². The lowest BCUT2D eigenvalue weighted by atomic mass is 10.1. The predicted molar refractivity (Wildman–Crippen MR) is 83.0 cm³/mol. The number of anilines is 1. The van der Waals surface area contributed by atoms with Crippen molar-refractivity contribution in [3.8, 4) is 11.3 Å². The molecule has 1 amide bonds. The lowest BCUT2D eigenvalue weighted by Gasteiger charge is -2.01. The van der Waals surface area contributed by atoms with Crippen molar-refractivity contribution in [2.24, 2.45) is 12.8 Å². The highest BCUT2D eigenvalue weighted by atomic mass is 19.1. The number of hydrogen-bond donors (Lipinski definition) is 3. The van der Waals surface area contributed by atoms with Gasteiger partial charge in [-0.25, -0.2) is 4.39 Å². The molecule has 2 heterocycles. The molecule has 23 heavy (non-hydrogen) atoms. The fourth-order valence-corrected chi connectivity index (χ4v) is 2.21. The average molecular weight is 314 g/mol. The van der Waals surface area contributed by atoms with E-state index in [-0.39, 0.29) is 12.2 Å². The molecule has 0 aliphatic rings. The molecule has 0 atom stereocenters. The smallest absolute Gasteiger partial charge is 0.274 e. The average Bonchev–Trinajstić information content (AvgIpc) is 3.14. The van der Waals surface area contributed by atoms with Gasteiger partial charge in [0, 0.05) is 30.9 Å². The van der Waals surface area contributed by atoms with E-state index in [4.69, 9.17) is 5.73 Å². The Hall–Kier alpha value is -3.00. The Labute approximate surface area is 131 Å². The van der Waals surface area contributed by atoms with Crippen molar-refractivity contribution in [2.75, 3.05) is 5.32 Å². The maximum atomic E-state index is 13.8. The number of H-pyrrole nitrogens is 1. The van der Waals surface area contributed by atoms with Gasteiger partial charge < -0.3 is 11.1 Å². The van der Waals surface area contributed by atoms with E-state index < -0.39 is 11.7 Å². The fourth-order valence-electron chi connectivity index (χ4n) is 2.21. The second-order valence-corrected chi connectivity index (χ2v) is 4.98. The van der Waals surface area contributed by atoms with Gasteiger partial charge in [0.25, 0.3) is 5.91 Å². The van der Waals surface area contributed by atoms with Crippen LogP contribution in [0.25, 0.3) is 11.3 Å². The molecule has 0 radical (unpaired) electrons. The summed E-state index contributed by atoms with van der Waals surface area (Å²) < 4.78 is 15.3. The number of carbonyl (C=O) groups excluding carboxylic acids is 1. The minimum Gasteiger partial charge on any atom is -0.326 e. The summed E-state index contributed by atoms with van der Waals surface area (Å²) in [5, 5.41) is 13.4. The third-order valence-corrected chi connectivity index (χ3v) is 3.33.